The predicted octanol–water partition coefficient (Wildman–Crippen LogP) is 3.06. The van der Waals surface area contributed by atoms with E-state index < -0.39 is 0 Å². The highest BCUT2D eigenvalue weighted by Gasteiger charge is 2.37. The molecule has 2 aromatic carbocycles. The van der Waals surface area contributed by atoms with Crippen molar-refractivity contribution in [3.8, 4) is 5.75 Å². The zero-order valence-electron chi connectivity index (χ0n) is 16.1. The number of para-hydroxylation sites is 1. The van der Waals surface area contributed by atoms with Crippen LogP contribution in [0.4, 0.5) is 10.5 Å². The van der Waals surface area contributed by atoms with E-state index >= 15 is 0 Å². The Hall–Kier alpha value is -3.35. The Morgan fingerprint density at radius 3 is 2.50 bits per heavy atom. The second-order valence-corrected chi connectivity index (χ2v) is 6.78. The summed E-state index contributed by atoms with van der Waals surface area (Å²) in [6.45, 7) is 4.00. The molecule has 7 heteroatoms. The SMILES string of the molecule is COc1ccccc1CCNC(=O)Nc1ccc2c(c1)C(=O)N(C(C)C)C2=O. The maximum atomic E-state index is 12.4. The third-order valence-electron chi connectivity index (χ3n) is 4.56. The van der Waals surface area contributed by atoms with Crippen molar-refractivity contribution in [1.29, 1.82) is 0 Å². The molecule has 0 fully saturated rings. The molecular formula is C21H23N3O4. The van der Waals surface area contributed by atoms with Crippen LogP contribution >= 0.6 is 0 Å². The van der Waals surface area contributed by atoms with Crippen LogP contribution in [-0.4, -0.2) is 42.4 Å². The Labute approximate surface area is 163 Å². The molecule has 4 amide bonds. The molecule has 1 heterocycles. The Morgan fingerprint density at radius 2 is 1.79 bits per heavy atom. The van der Waals surface area contributed by atoms with Gasteiger partial charge in [-0.3, -0.25) is 14.5 Å². The van der Waals surface area contributed by atoms with Crippen LogP contribution < -0.4 is 15.4 Å². The van der Waals surface area contributed by atoms with Gasteiger partial charge in [0.2, 0.25) is 0 Å². The van der Waals surface area contributed by atoms with E-state index in [9.17, 15) is 14.4 Å². The lowest BCUT2D eigenvalue weighted by molar-refractivity contribution is 0.0609. The lowest BCUT2D eigenvalue weighted by Crippen LogP contribution is -2.35. The molecule has 0 aliphatic carbocycles. The van der Waals surface area contributed by atoms with Crippen molar-refractivity contribution < 1.29 is 19.1 Å². The molecule has 146 valence electrons. The smallest absolute Gasteiger partial charge is 0.319 e. The van der Waals surface area contributed by atoms with E-state index in [1.54, 1.807) is 33.1 Å². The van der Waals surface area contributed by atoms with E-state index in [4.69, 9.17) is 4.74 Å². The van der Waals surface area contributed by atoms with Crippen LogP contribution in [0.15, 0.2) is 42.5 Å². The van der Waals surface area contributed by atoms with Crippen molar-refractivity contribution in [2.24, 2.45) is 0 Å². The van der Waals surface area contributed by atoms with Crippen molar-refractivity contribution in [1.82, 2.24) is 10.2 Å². The average Bonchev–Trinajstić information content (AvgIpc) is 2.92. The number of hydrogen-bond acceptors (Lipinski definition) is 4. The van der Waals surface area contributed by atoms with Crippen LogP contribution in [-0.2, 0) is 6.42 Å². The Bertz CT molecular complexity index is 924. The van der Waals surface area contributed by atoms with Gasteiger partial charge in [0.1, 0.15) is 5.75 Å². The fourth-order valence-corrected chi connectivity index (χ4v) is 3.20. The monoisotopic (exact) mass is 381 g/mol. The minimum absolute atomic E-state index is 0.220. The van der Waals surface area contributed by atoms with Gasteiger partial charge < -0.3 is 15.4 Å². The number of amides is 4. The number of urea groups is 1. The molecule has 2 N–H and O–H groups in total. The summed E-state index contributed by atoms with van der Waals surface area (Å²) in [5.41, 5.74) is 2.13. The second-order valence-electron chi connectivity index (χ2n) is 6.78. The van der Waals surface area contributed by atoms with Gasteiger partial charge in [-0.15, -0.1) is 0 Å². The van der Waals surface area contributed by atoms with Gasteiger partial charge in [0.15, 0.2) is 0 Å². The van der Waals surface area contributed by atoms with Crippen LogP contribution in [0, 0.1) is 0 Å². The van der Waals surface area contributed by atoms with Gasteiger partial charge in [-0.1, -0.05) is 18.2 Å². The Balaban J connectivity index is 1.60. The van der Waals surface area contributed by atoms with E-state index in [1.807, 2.05) is 24.3 Å². The number of anilines is 1. The van der Waals surface area contributed by atoms with Crippen molar-refractivity contribution in [3.05, 3.63) is 59.2 Å². The molecule has 0 spiro atoms. The molecule has 7 nitrogen and oxygen atoms in total. The molecule has 0 bridgehead atoms. The van der Waals surface area contributed by atoms with Gasteiger partial charge in [0.05, 0.1) is 18.2 Å². The standard InChI is InChI=1S/C21H23N3O4/c1-13(2)24-19(25)16-9-8-15(12-17(16)20(24)26)23-21(27)22-11-10-14-6-4-5-7-18(14)28-3/h4-9,12-13H,10-11H2,1-3H3,(H2,22,23,27). The first kappa shape index (κ1) is 19.4. The van der Waals surface area contributed by atoms with Crippen molar-refractivity contribution in [3.63, 3.8) is 0 Å². The van der Waals surface area contributed by atoms with Crippen LogP contribution in [0.3, 0.4) is 0 Å². The maximum absolute atomic E-state index is 12.4. The molecule has 1 aliphatic heterocycles. The lowest BCUT2D eigenvalue weighted by atomic mass is 10.1. The predicted molar refractivity (Wildman–Crippen MR) is 106 cm³/mol. The fourth-order valence-electron chi connectivity index (χ4n) is 3.20. The summed E-state index contributed by atoms with van der Waals surface area (Å²) in [4.78, 5) is 38.1. The Morgan fingerprint density at radius 1 is 1.07 bits per heavy atom. The number of benzene rings is 2. The first-order valence-corrected chi connectivity index (χ1v) is 9.11. The number of fused-ring (bicyclic) bond motifs is 1. The first-order chi connectivity index (χ1) is 13.4. The van der Waals surface area contributed by atoms with E-state index in [0.717, 1.165) is 11.3 Å². The molecule has 3 rings (SSSR count). The lowest BCUT2D eigenvalue weighted by Gasteiger charge is -2.17. The third-order valence-corrected chi connectivity index (χ3v) is 4.56. The maximum Gasteiger partial charge on any atom is 0.319 e. The molecule has 0 saturated carbocycles. The molecule has 0 aromatic heterocycles. The first-order valence-electron chi connectivity index (χ1n) is 9.11. The summed E-state index contributed by atoms with van der Waals surface area (Å²) >= 11 is 0. The molecule has 28 heavy (non-hydrogen) atoms. The van der Waals surface area contributed by atoms with Crippen LogP contribution in [0.1, 0.15) is 40.1 Å². The molecule has 0 saturated heterocycles. The number of rotatable bonds is 6. The van der Waals surface area contributed by atoms with Crippen molar-refractivity contribution in [2.45, 2.75) is 26.3 Å². The average molecular weight is 381 g/mol. The number of hydrogen-bond donors (Lipinski definition) is 2. The van der Waals surface area contributed by atoms with Crippen LogP contribution in [0.5, 0.6) is 5.75 Å². The summed E-state index contributed by atoms with van der Waals surface area (Å²) in [7, 11) is 1.61. The quantitative estimate of drug-likeness (QED) is 0.753. The normalized spacial score (nSPS) is 12.9. The zero-order chi connectivity index (χ0) is 20.3. The third kappa shape index (κ3) is 3.83. The minimum atomic E-state index is -0.382. The number of ether oxygens (including phenoxy) is 1. The van der Waals surface area contributed by atoms with E-state index in [1.165, 1.54) is 11.0 Å². The van der Waals surface area contributed by atoms with E-state index in [-0.39, 0.29) is 23.9 Å². The van der Waals surface area contributed by atoms with Crippen LogP contribution in [0.25, 0.3) is 0 Å². The van der Waals surface area contributed by atoms with Crippen molar-refractivity contribution in [2.75, 3.05) is 19.0 Å². The molecule has 0 atom stereocenters. The second kappa shape index (κ2) is 8.12. The molecule has 0 unspecified atom stereocenters. The van der Waals surface area contributed by atoms with Gasteiger partial charge in [0.25, 0.3) is 11.8 Å². The summed E-state index contributed by atoms with van der Waals surface area (Å²) < 4.78 is 5.29. The van der Waals surface area contributed by atoms with Gasteiger partial charge in [0, 0.05) is 18.3 Å². The fraction of sp³-hybridized carbons (Fsp3) is 0.286. The Kier molecular flexibility index (Phi) is 5.63. The summed E-state index contributed by atoms with van der Waals surface area (Å²) in [6.07, 6.45) is 0.623. The molecule has 2 aromatic rings. The summed E-state index contributed by atoms with van der Waals surface area (Å²) in [5, 5.41) is 5.48. The molecule has 0 radical (unpaired) electrons. The van der Waals surface area contributed by atoms with Gasteiger partial charge >= 0.3 is 6.03 Å². The molecular weight excluding hydrogens is 358 g/mol. The topological polar surface area (TPSA) is 87.7 Å². The van der Waals surface area contributed by atoms with Crippen LogP contribution in [0.2, 0.25) is 0 Å². The highest BCUT2D eigenvalue weighted by atomic mass is 16.5. The van der Waals surface area contributed by atoms with E-state index in [2.05, 4.69) is 10.6 Å². The number of imide groups is 1. The van der Waals surface area contributed by atoms with Gasteiger partial charge in [-0.2, -0.15) is 0 Å². The number of methoxy groups -OCH3 is 1. The number of nitrogens with zero attached hydrogens (tertiary/aromatic N) is 1. The van der Waals surface area contributed by atoms with E-state index in [0.29, 0.717) is 29.8 Å². The minimum Gasteiger partial charge on any atom is -0.496 e. The van der Waals surface area contributed by atoms with Gasteiger partial charge in [-0.05, 0) is 50.1 Å². The van der Waals surface area contributed by atoms with Gasteiger partial charge in [-0.25, -0.2) is 4.79 Å². The number of carbonyl (C=O) groups excluding carboxylic acids is 3. The number of carbonyl (C=O) groups is 3. The summed E-state index contributed by atoms with van der Waals surface area (Å²) in [6, 6.07) is 11.8. The largest absolute Gasteiger partial charge is 0.496 e. The zero-order valence-corrected chi connectivity index (χ0v) is 16.1. The molecule has 1 aliphatic rings. The highest BCUT2D eigenvalue weighted by molar-refractivity contribution is 6.22. The number of nitrogens with one attached hydrogen (secondary N) is 2. The van der Waals surface area contributed by atoms with Crippen molar-refractivity contribution >= 4 is 23.5 Å². The summed E-state index contributed by atoms with van der Waals surface area (Å²) in [5.74, 6) is 0.138. The highest BCUT2D eigenvalue weighted by Crippen LogP contribution is 2.27.